The Morgan fingerprint density at radius 3 is 2.65 bits per heavy atom. The number of halogens is 1. The van der Waals surface area contributed by atoms with Crippen molar-refractivity contribution in [2.24, 2.45) is 5.10 Å². The molecule has 0 saturated heterocycles. The van der Waals surface area contributed by atoms with Gasteiger partial charge in [0, 0.05) is 11.1 Å². The van der Waals surface area contributed by atoms with Crippen molar-refractivity contribution in [3.8, 4) is 5.75 Å². The van der Waals surface area contributed by atoms with Crippen molar-refractivity contribution in [1.29, 1.82) is 0 Å². The summed E-state index contributed by atoms with van der Waals surface area (Å²) in [6.45, 7) is 0. The van der Waals surface area contributed by atoms with Gasteiger partial charge < -0.3 is 10.1 Å². The van der Waals surface area contributed by atoms with Crippen molar-refractivity contribution >= 4 is 41.0 Å². The molecule has 0 saturated carbocycles. The first kappa shape index (κ1) is 18.9. The Kier molecular flexibility index (Phi) is 6.23. The summed E-state index contributed by atoms with van der Waals surface area (Å²) in [5.41, 5.74) is 2.20. The van der Waals surface area contributed by atoms with Gasteiger partial charge in [0.05, 0.1) is 29.5 Å². The Hall–Kier alpha value is -3.46. The molecule has 0 aliphatic heterocycles. The van der Waals surface area contributed by atoms with Gasteiger partial charge in [0.2, 0.25) is 0 Å². The maximum absolute atomic E-state index is 11.9. The number of nitro benzene ring substituents is 1. The van der Waals surface area contributed by atoms with Gasteiger partial charge in [-0.15, -0.1) is 0 Å². The number of benzene rings is 2. The second-order valence-electron chi connectivity index (χ2n) is 4.81. The van der Waals surface area contributed by atoms with E-state index in [2.05, 4.69) is 10.4 Å². The van der Waals surface area contributed by atoms with Gasteiger partial charge in [-0.3, -0.25) is 19.7 Å². The fraction of sp³-hybridized carbons (Fsp3) is 0.0625. The number of carbonyl (C=O) groups excluding carboxylic acids is 2. The number of nitro groups is 1. The highest BCUT2D eigenvalue weighted by atomic mass is 35.5. The zero-order valence-corrected chi connectivity index (χ0v) is 14.2. The summed E-state index contributed by atoms with van der Waals surface area (Å²) in [7, 11) is 1.40. The second kappa shape index (κ2) is 8.58. The van der Waals surface area contributed by atoms with Gasteiger partial charge in [0.25, 0.3) is 5.69 Å². The molecular weight excluding hydrogens is 364 g/mol. The average molecular weight is 377 g/mol. The third-order valence-corrected chi connectivity index (χ3v) is 3.35. The number of rotatable bonds is 5. The van der Waals surface area contributed by atoms with E-state index in [4.69, 9.17) is 16.3 Å². The monoisotopic (exact) mass is 376 g/mol. The summed E-state index contributed by atoms with van der Waals surface area (Å²) in [5, 5.41) is 17.1. The van der Waals surface area contributed by atoms with Crippen LogP contribution >= 0.6 is 11.6 Å². The van der Waals surface area contributed by atoms with E-state index in [1.807, 2.05) is 5.43 Å². The minimum Gasteiger partial charge on any atom is -0.495 e. The number of amides is 2. The van der Waals surface area contributed by atoms with Crippen LogP contribution in [0.4, 0.5) is 11.4 Å². The van der Waals surface area contributed by atoms with Crippen LogP contribution in [-0.2, 0) is 9.59 Å². The molecule has 2 aromatic carbocycles. The van der Waals surface area contributed by atoms with Gasteiger partial charge in [0.15, 0.2) is 0 Å². The number of methoxy groups -OCH3 is 1. The number of nitrogens with zero attached hydrogens (tertiary/aromatic N) is 2. The van der Waals surface area contributed by atoms with Crippen LogP contribution in [-0.4, -0.2) is 30.1 Å². The van der Waals surface area contributed by atoms with Gasteiger partial charge in [-0.2, -0.15) is 5.10 Å². The normalized spacial score (nSPS) is 10.4. The van der Waals surface area contributed by atoms with Gasteiger partial charge >= 0.3 is 11.8 Å². The average Bonchev–Trinajstić information content (AvgIpc) is 2.62. The lowest BCUT2D eigenvalue weighted by Crippen LogP contribution is -2.32. The number of anilines is 1. The number of nitrogens with one attached hydrogen (secondary N) is 2. The lowest BCUT2D eigenvalue weighted by molar-refractivity contribution is -0.385. The van der Waals surface area contributed by atoms with E-state index >= 15 is 0 Å². The topological polar surface area (TPSA) is 123 Å². The van der Waals surface area contributed by atoms with Crippen molar-refractivity contribution in [1.82, 2.24) is 5.43 Å². The molecule has 26 heavy (non-hydrogen) atoms. The van der Waals surface area contributed by atoms with Crippen LogP contribution in [0, 0.1) is 10.1 Å². The predicted octanol–water partition coefficient (Wildman–Crippen LogP) is 2.35. The highest BCUT2D eigenvalue weighted by Gasteiger charge is 2.16. The first-order valence-corrected chi connectivity index (χ1v) is 7.51. The fourth-order valence-electron chi connectivity index (χ4n) is 1.93. The lowest BCUT2D eigenvalue weighted by atomic mass is 10.2. The van der Waals surface area contributed by atoms with E-state index in [0.29, 0.717) is 10.8 Å². The van der Waals surface area contributed by atoms with Gasteiger partial charge in [-0.1, -0.05) is 23.7 Å². The summed E-state index contributed by atoms with van der Waals surface area (Å²) < 4.78 is 5.06. The maximum Gasteiger partial charge on any atom is 0.329 e. The van der Waals surface area contributed by atoms with Crippen LogP contribution < -0.4 is 15.5 Å². The minimum absolute atomic E-state index is 0.176. The number of ether oxygens (including phenoxy) is 1. The molecule has 0 spiro atoms. The van der Waals surface area contributed by atoms with E-state index in [1.54, 1.807) is 12.1 Å². The summed E-state index contributed by atoms with van der Waals surface area (Å²) in [6, 6.07) is 10.3. The highest BCUT2D eigenvalue weighted by molar-refractivity contribution is 6.40. The Labute approximate surface area is 152 Å². The Morgan fingerprint density at radius 1 is 1.23 bits per heavy atom. The fourth-order valence-corrected chi connectivity index (χ4v) is 2.10. The van der Waals surface area contributed by atoms with Crippen LogP contribution in [0.5, 0.6) is 5.75 Å². The third-order valence-electron chi connectivity index (χ3n) is 3.12. The number of para-hydroxylation sites is 1. The largest absolute Gasteiger partial charge is 0.495 e. The molecule has 134 valence electrons. The molecule has 2 aromatic rings. The summed E-state index contributed by atoms with van der Waals surface area (Å²) in [5.74, 6) is -1.76. The summed E-state index contributed by atoms with van der Waals surface area (Å²) in [6.07, 6.45) is 1.07. The Balaban J connectivity index is 2.03. The van der Waals surface area contributed by atoms with Crippen LogP contribution in [0.3, 0.4) is 0 Å². The molecular formula is C16H13ClN4O5. The molecule has 9 nitrogen and oxygen atoms in total. The molecule has 0 unspecified atom stereocenters. The highest BCUT2D eigenvalue weighted by Crippen LogP contribution is 2.27. The maximum atomic E-state index is 11.9. The van der Waals surface area contributed by atoms with Crippen LogP contribution in [0.15, 0.2) is 47.6 Å². The van der Waals surface area contributed by atoms with Gasteiger partial charge in [0.1, 0.15) is 5.75 Å². The van der Waals surface area contributed by atoms with Crippen molar-refractivity contribution < 1.29 is 19.2 Å². The minimum atomic E-state index is -1.07. The molecule has 0 aliphatic carbocycles. The first-order chi connectivity index (χ1) is 12.4. The molecule has 2 rings (SSSR count). The first-order valence-electron chi connectivity index (χ1n) is 7.13. The molecule has 2 N–H and O–H groups in total. The SMILES string of the molecule is COc1ccc(Cl)cc1NC(=O)C(=O)N/N=C\c1ccccc1[N+](=O)[O-]. The number of hydrogen-bond donors (Lipinski definition) is 2. The second-order valence-corrected chi connectivity index (χ2v) is 5.25. The van der Waals surface area contributed by atoms with Crippen LogP contribution in [0.25, 0.3) is 0 Å². The van der Waals surface area contributed by atoms with Crippen molar-refractivity contribution in [3.63, 3.8) is 0 Å². The molecule has 0 atom stereocenters. The Morgan fingerprint density at radius 2 is 1.96 bits per heavy atom. The molecule has 0 fully saturated rings. The van der Waals surface area contributed by atoms with Crippen LogP contribution in [0.1, 0.15) is 5.56 Å². The predicted molar refractivity (Wildman–Crippen MR) is 95.5 cm³/mol. The molecule has 0 heterocycles. The standard InChI is InChI=1S/C16H13ClN4O5/c1-26-14-7-6-11(17)8-12(14)19-15(22)16(23)20-18-9-10-4-2-3-5-13(10)21(24)25/h2-9H,1H3,(H,19,22)(H,20,23)/b18-9-. The van der Waals surface area contributed by atoms with E-state index in [9.17, 15) is 19.7 Å². The van der Waals surface area contributed by atoms with E-state index in [1.165, 1.54) is 37.4 Å². The van der Waals surface area contributed by atoms with Gasteiger partial charge in [-0.05, 0) is 24.3 Å². The number of hydrogen-bond acceptors (Lipinski definition) is 6. The quantitative estimate of drug-likeness (QED) is 0.359. The lowest BCUT2D eigenvalue weighted by Gasteiger charge is -2.09. The van der Waals surface area contributed by atoms with Crippen molar-refractivity contribution in [2.75, 3.05) is 12.4 Å². The van der Waals surface area contributed by atoms with Crippen LogP contribution in [0.2, 0.25) is 5.02 Å². The zero-order chi connectivity index (χ0) is 19.1. The smallest absolute Gasteiger partial charge is 0.329 e. The molecule has 0 radical (unpaired) electrons. The zero-order valence-electron chi connectivity index (χ0n) is 13.4. The molecule has 2 amide bonds. The van der Waals surface area contributed by atoms with Crippen molar-refractivity contribution in [2.45, 2.75) is 0 Å². The number of carbonyl (C=O) groups is 2. The summed E-state index contributed by atoms with van der Waals surface area (Å²) >= 11 is 5.84. The van der Waals surface area contributed by atoms with E-state index in [0.717, 1.165) is 6.21 Å². The third kappa shape index (κ3) is 4.77. The van der Waals surface area contributed by atoms with E-state index in [-0.39, 0.29) is 16.9 Å². The molecule has 10 heteroatoms. The molecule has 0 aromatic heterocycles. The van der Waals surface area contributed by atoms with Crippen molar-refractivity contribution in [3.05, 3.63) is 63.2 Å². The molecule has 0 bridgehead atoms. The summed E-state index contributed by atoms with van der Waals surface area (Å²) in [4.78, 5) is 34.0. The van der Waals surface area contributed by atoms with Gasteiger partial charge in [-0.25, -0.2) is 5.43 Å². The molecule has 0 aliphatic rings. The van der Waals surface area contributed by atoms with E-state index < -0.39 is 16.7 Å². The Bertz CT molecular complexity index is 885. The number of hydrazone groups is 1.